The lowest BCUT2D eigenvalue weighted by atomic mass is 10.1. The SMILES string of the molecule is O=C(O)c1n[nH]c2c1C1CC1C2O. The summed E-state index contributed by atoms with van der Waals surface area (Å²) in [5.41, 5.74) is 1.42. The van der Waals surface area contributed by atoms with E-state index >= 15 is 0 Å². The Balaban J connectivity index is 2.18. The van der Waals surface area contributed by atoms with Gasteiger partial charge in [0.05, 0.1) is 11.8 Å². The molecule has 5 heteroatoms. The molecule has 2 aliphatic rings. The fourth-order valence-corrected chi connectivity index (χ4v) is 2.24. The number of nitrogens with zero attached hydrogens (tertiary/aromatic N) is 1. The van der Waals surface area contributed by atoms with Gasteiger partial charge in [-0.25, -0.2) is 4.79 Å². The molecule has 68 valence electrons. The maximum Gasteiger partial charge on any atom is 0.356 e. The second-order valence-electron chi connectivity index (χ2n) is 3.66. The Morgan fingerprint density at radius 1 is 1.62 bits per heavy atom. The first-order chi connectivity index (χ1) is 6.20. The normalized spacial score (nSPS) is 34.1. The molecular weight excluding hydrogens is 172 g/mol. The number of hydrogen-bond acceptors (Lipinski definition) is 3. The van der Waals surface area contributed by atoms with Gasteiger partial charge in [-0.3, -0.25) is 5.10 Å². The Kier molecular flexibility index (Phi) is 1.05. The third-order valence-electron chi connectivity index (χ3n) is 2.95. The molecule has 0 amide bonds. The molecule has 1 heterocycles. The number of nitrogens with one attached hydrogen (secondary N) is 1. The van der Waals surface area contributed by atoms with Gasteiger partial charge in [-0.05, 0) is 18.3 Å². The zero-order valence-corrected chi connectivity index (χ0v) is 6.69. The molecule has 1 saturated carbocycles. The van der Waals surface area contributed by atoms with E-state index in [1.165, 1.54) is 0 Å². The maximum atomic E-state index is 10.7. The van der Waals surface area contributed by atoms with Gasteiger partial charge in [0.15, 0.2) is 5.69 Å². The molecule has 3 rings (SSSR count). The van der Waals surface area contributed by atoms with Gasteiger partial charge in [-0.1, -0.05) is 0 Å². The van der Waals surface area contributed by atoms with Crippen molar-refractivity contribution in [1.82, 2.24) is 10.2 Å². The van der Waals surface area contributed by atoms with Crippen LogP contribution in [0.4, 0.5) is 0 Å². The third kappa shape index (κ3) is 0.702. The molecule has 1 fully saturated rings. The quantitative estimate of drug-likeness (QED) is 0.578. The van der Waals surface area contributed by atoms with Crippen LogP contribution in [0.1, 0.15) is 40.2 Å². The van der Waals surface area contributed by atoms with Crippen molar-refractivity contribution >= 4 is 5.97 Å². The van der Waals surface area contributed by atoms with Gasteiger partial charge in [-0.2, -0.15) is 5.10 Å². The third-order valence-corrected chi connectivity index (χ3v) is 2.95. The van der Waals surface area contributed by atoms with E-state index in [-0.39, 0.29) is 17.5 Å². The number of aromatic amines is 1. The average Bonchev–Trinajstić information content (AvgIpc) is 2.65. The van der Waals surface area contributed by atoms with Crippen LogP contribution in [-0.2, 0) is 0 Å². The number of aliphatic hydroxyl groups is 1. The lowest BCUT2D eigenvalue weighted by molar-refractivity contribution is 0.0689. The number of fused-ring (bicyclic) bond motifs is 3. The van der Waals surface area contributed by atoms with E-state index in [9.17, 15) is 9.90 Å². The fourth-order valence-electron chi connectivity index (χ4n) is 2.24. The Hall–Kier alpha value is -1.36. The molecule has 1 aromatic rings. The molecule has 0 radical (unpaired) electrons. The molecule has 5 nitrogen and oxygen atoms in total. The van der Waals surface area contributed by atoms with Crippen molar-refractivity contribution in [3.63, 3.8) is 0 Å². The van der Waals surface area contributed by atoms with Crippen LogP contribution in [0.2, 0.25) is 0 Å². The van der Waals surface area contributed by atoms with E-state index in [1.807, 2.05) is 0 Å². The summed E-state index contributed by atoms with van der Waals surface area (Å²) in [5, 5.41) is 24.7. The molecular formula is C8H8N2O3. The van der Waals surface area contributed by atoms with Crippen molar-refractivity contribution in [2.24, 2.45) is 5.92 Å². The second kappa shape index (κ2) is 1.93. The van der Waals surface area contributed by atoms with Gasteiger partial charge >= 0.3 is 5.97 Å². The summed E-state index contributed by atoms with van der Waals surface area (Å²) < 4.78 is 0. The number of rotatable bonds is 1. The average molecular weight is 180 g/mol. The number of aliphatic hydroxyl groups excluding tert-OH is 1. The summed E-state index contributed by atoms with van der Waals surface area (Å²) >= 11 is 0. The van der Waals surface area contributed by atoms with E-state index in [2.05, 4.69) is 10.2 Å². The number of aromatic carboxylic acids is 1. The summed E-state index contributed by atoms with van der Waals surface area (Å²) in [6.07, 6.45) is 0.370. The highest BCUT2D eigenvalue weighted by molar-refractivity contribution is 5.88. The molecule has 1 aromatic heterocycles. The van der Waals surface area contributed by atoms with Crippen LogP contribution in [0.3, 0.4) is 0 Å². The van der Waals surface area contributed by atoms with Crippen molar-refractivity contribution in [3.8, 4) is 0 Å². The van der Waals surface area contributed by atoms with Crippen molar-refractivity contribution in [2.45, 2.75) is 18.4 Å². The van der Waals surface area contributed by atoms with Crippen molar-refractivity contribution in [2.75, 3.05) is 0 Å². The highest BCUT2D eigenvalue weighted by Crippen LogP contribution is 2.61. The molecule has 13 heavy (non-hydrogen) atoms. The van der Waals surface area contributed by atoms with E-state index in [1.54, 1.807) is 0 Å². The monoisotopic (exact) mass is 180 g/mol. The molecule has 3 unspecified atom stereocenters. The highest BCUT2D eigenvalue weighted by atomic mass is 16.4. The van der Waals surface area contributed by atoms with Gasteiger partial charge in [0.2, 0.25) is 0 Å². The zero-order chi connectivity index (χ0) is 9.16. The minimum atomic E-state index is -1.02. The molecule has 0 saturated heterocycles. The number of carbonyl (C=O) groups is 1. The number of H-pyrrole nitrogens is 1. The van der Waals surface area contributed by atoms with Crippen LogP contribution in [0.5, 0.6) is 0 Å². The topological polar surface area (TPSA) is 86.2 Å². The van der Waals surface area contributed by atoms with Gasteiger partial charge in [0.25, 0.3) is 0 Å². The first kappa shape index (κ1) is 7.08. The van der Waals surface area contributed by atoms with Crippen LogP contribution in [0.15, 0.2) is 0 Å². The van der Waals surface area contributed by atoms with Crippen LogP contribution < -0.4 is 0 Å². The summed E-state index contributed by atoms with van der Waals surface area (Å²) in [4.78, 5) is 10.7. The van der Waals surface area contributed by atoms with Gasteiger partial charge < -0.3 is 10.2 Å². The first-order valence-corrected chi connectivity index (χ1v) is 4.19. The van der Waals surface area contributed by atoms with Crippen molar-refractivity contribution < 1.29 is 15.0 Å². The van der Waals surface area contributed by atoms with E-state index in [0.717, 1.165) is 12.0 Å². The van der Waals surface area contributed by atoms with Gasteiger partial charge in [0.1, 0.15) is 0 Å². The lowest BCUT2D eigenvalue weighted by Gasteiger charge is -2.00. The zero-order valence-electron chi connectivity index (χ0n) is 6.69. The van der Waals surface area contributed by atoms with E-state index < -0.39 is 12.1 Å². The predicted molar refractivity (Wildman–Crippen MR) is 41.4 cm³/mol. The summed E-state index contributed by atoms with van der Waals surface area (Å²) in [6, 6.07) is 0. The molecule has 0 spiro atoms. The Labute approximate surface area is 73.4 Å². The Morgan fingerprint density at radius 3 is 3.08 bits per heavy atom. The lowest BCUT2D eigenvalue weighted by Crippen LogP contribution is -2.00. The fraction of sp³-hybridized carbons (Fsp3) is 0.500. The second-order valence-corrected chi connectivity index (χ2v) is 3.66. The number of hydrogen-bond donors (Lipinski definition) is 3. The standard InChI is InChI=1S/C8H8N2O3/c11-7-3-1-2(3)4-5(7)9-10-6(4)8(12)13/h2-3,7,11H,1H2,(H,9,10)(H,12,13). The van der Waals surface area contributed by atoms with Crippen LogP contribution in [0, 0.1) is 5.92 Å². The van der Waals surface area contributed by atoms with Crippen LogP contribution >= 0.6 is 0 Å². The van der Waals surface area contributed by atoms with Crippen molar-refractivity contribution in [3.05, 3.63) is 17.0 Å². The minimum Gasteiger partial charge on any atom is -0.476 e. The minimum absolute atomic E-state index is 0.0825. The molecule has 0 bridgehead atoms. The molecule has 2 aliphatic carbocycles. The molecule has 3 N–H and O–H groups in total. The summed E-state index contributed by atoms with van der Waals surface area (Å²) in [7, 11) is 0. The predicted octanol–water partition coefficient (Wildman–Crippen LogP) is 0.258. The molecule has 0 aliphatic heterocycles. The number of carboxylic acid groups (broad SMARTS) is 1. The Morgan fingerprint density at radius 2 is 2.38 bits per heavy atom. The first-order valence-electron chi connectivity index (χ1n) is 4.19. The van der Waals surface area contributed by atoms with Gasteiger partial charge in [0, 0.05) is 5.56 Å². The number of aromatic nitrogens is 2. The highest BCUT2D eigenvalue weighted by Gasteiger charge is 2.54. The number of carboxylic acids is 1. The molecule has 0 aromatic carbocycles. The van der Waals surface area contributed by atoms with E-state index in [4.69, 9.17) is 5.11 Å². The van der Waals surface area contributed by atoms with Crippen molar-refractivity contribution in [1.29, 1.82) is 0 Å². The Bertz CT molecular complexity index is 398. The smallest absolute Gasteiger partial charge is 0.356 e. The van der Waals surface area contributed by atoms with Gasteiger partial charge in [-0.15, -0.1) is 0 Å². The van der Waals surface area contributed by atoms with E-state index in [0.29, 0.717) is 5.69 Å². The largest absolute Gasteiger partial charge is 0.476 e. The maximum absolute atomic E-state index is 10.7. The molecule has 3 atom stereocenters. The summed E-state index contributed by atoms with van der Waals surface area (Å²) in [5.74, 6) is -0.547. The van der Waals surface area contributed by atoms with Crippen LogP contribution in [0.25, 0.3) is 0 Å². The van der Waals surface area contributed by atoms with Crippen LogP contribution in [-0.4, -0.2) is 26.4 Å². The summed E-state index contributed by atoms with van der Waals surface area (Å²) in [6.45, 7) is 0.